The maximum atomic E-state index is 12.5. The Morgan fingerprint density at radius 1 is 1.03 bits per heavy atom. The first kappa shape index (κ1) is 19.4. The van der Waals surface area contributed by atoms with E-state index in [1.807, 2.05) is 18.2 Å². The zero-order chi connectivity index (χ0) is 20.2. The third-order valence-electron chi connectivity index (χ3n) is 5.71. The van der Waals surface area contributed by atoms with Gasteiger partial charge in [0.15, 0.2) is 5.78 Å². The second kappa shape index (κ2) is 8.61. The van der Waals surface area contributed by atoms with E-state index in [1.54, 1.807) is 0 Å². The van der Waals surface area contributed by atoms with Crippen LogP contribution in [0.4, 0.5) is 5.69 Å². The summed E-state index contributed by atoms with van der Waals surface area (Å²) in [5.74, 6) is -0.428. The molecular weight excluding hydrogens is 368 g/mol. The fraction of sp³-hybridized carbons (Fsp3) is 0.409. The van der Waals surface area contributed by atoms with Crippen LogP contribution in [0.25, 0.3) is 0 Å². The summed E-state index contributed by atoms with van der Waals surface area (Å²) in [5, 5.41) is 2.83. The molecule has 7 heteroatoms. The smallest absolute Gasteiger partial charge is 0.261 e. The lowest BCUT2D eigenvalue weighted by molar-refractivity contribution is 0.0946. The highest BCUT2D eigenvalue weighted by Gasteiger charge is 2.22. The molecule has 7 nitrogen and oxygen atoms in total. The Hall–Kier alpha value is -2.93. The Morgan fingerprint density at radius 2 is 1.79 bits per heavy atom. The van der Waals surface area contributed by atoms with Crippen molar-refractivity contribution in [3.8, 4) is 0 Å². The van der Waals surface area contributed by atoms with Crippen molar-refractivity contribution in [3.63, 3.8) is 0 Å². The summed E-state index contributed by atoms with van der Waals surface area (Å²) in [6.45, 7) is 4.96. The SMILES string of the molecule is O=C1CCCc2[nH]c(=O)c(C(=O)NCCN3CCN(c4ccccc4)CC3)cc21. The molecule has 1 aliphatic heterocycles. The molecule has 29 heavy (non-hydrogen) atoms. The maximum Gasteiger partial charge on any atom is 0.261 e. The second-order valence-corrected chi connectivity index (χ2v) is 7.60. The van der Waals surface area contributed by atoms with Crippen LogP contribution in [0, 0.1) is 0 Å². The average molecular weight is 394 g/mol. The van der Waals surface area contributed by atoms with Crippen LogP contribution in [0.2, 0.25) is 0 Å². The van der Waals surface area contributed by atoms with Gasteiger partial charge < -0.3 is 15.2 Å². The predicted octanol–water partition coefficient (Wildman–Crippen LogP) is 1.45. The van der Waals surface area contributed by atoms with Crippen LogP contribution in [-0.4, -0.2) is 60.8 Å². The van der Waals surface area contributed by atoms with Gasteiger partial charge in [0.05, 0.1) is 0 Å². The van der Waals surface area contributed by atoms with Crippen molar-refractivity contribution in [1.29, 1.82) is 0 Å². The molecule has 1 saturated heterocycles. The van der Waals surface area contributed by atoms with Gasteiger partial charge in [0.1, 0.15) is 5.56 Å². The molecule has 1 fully saturated rings. The summed E-state index contributed by atoms with van der Waals surface area (Å²) in [7, 11) is 0. The topological polar surface area (TPSA) is 85.5 Å². The summed E-state index contributed by atoms with van der Waals surface area (Å²) in [6, 6.07) is 11.8. The van der Waals surface area contributed by atoms with Gasteiger partial charge >= 0.3 is 0 Å². The molecule has 2 aliphatic rings. The van der Waals surface area contributed by atoms with Crippen LogP contribution in [0.5, 0.6) is 0 Å². The zero-order valence-corrected chi connectivity index (χ0v) is 16.4. The van der Waals surface area contributed by atoms with Crippen molar-refractivity contribution in [1.82, 2.24) is 15.2 Å². The van der Waals surface area contributed by atoms with Gasteiger partial charge in [-0.3, -0.25) is 19.3 Å². The number of nitrogens with zero attached hydrogens (tertiary/aromatic N) is 2. The molecule has 2 heterocycles. The number of Topliss-reactive ketones (excluding diaryl/α,β-unsaturated/α-hetero) is 1. The number of carbonyl (C=O) groups is 2. The van der Waals surface area contributed by atoms with E-state index in [-0.39, 0.29) is 11.3 Å². The molecule has 1 aromatic heterocycles. The van der Waals surface area contributed by atoms with Gasteiger partial charge in [-0.25, -0.2) is 0 Å². The number of rotatable bonds is 5. The molecule has 2 N–H and O–H groups in total. The minimum absolute atomic E-state index is 0.00663. The molecule has 1 amide bonds. The number of carbonyl (C=O) groups excluding carboxylic acids is 2. The van der Waals surface area contributed by atoms with E-state index in [2.05, 4.69) is 32.2 Å². The van der Waals surface area contributed by atoms with E-state index in [9.17, 15) is 14.4 Å². The fourth-order valence-electron chi connectivity index (χ4n) is 4.03. The molecule has 0 unspecified atom stereocenters. The van der Waals surface area contributed by atoms with Crippen molar-refractivity contribution in [2.75, 3.05) is 44.2 Å². The first-order valence-corrected chi connectivity index (χ1v) is 10.2. The van der Waals surface area contributed by atoms with Crippen molar-refractivity contribution in [2.24, 2.45) is 0 Å². The van der Waals surface area contributed by atoms with Gasteiger partial charge in [-0.15, -0.1) is 0 Å². The highest BCUT2D eigenvalue weighted by Crippen LogP contribution is 2.19. The minimum atomic E-state index is -0.424. The van der Waals surface area contributed by atoms with Gasteiger partial charge in [-0.2, -0.15) is 0 Å². The molecule has 1 aliphatic carbocycles. The Morgan fingerprint density at radius 3 is 2.55 bits per heavy atom. The predicted molar refractivity (Wildman–Crippen MR) is 112 cm³/mol. The number of para-hydroxylation sites is 1. The minimum Gasteiger partial charge on any atom is -0.369 e. The van der Waals surface area contributed by atoms with E-state index in [0.717, 1.165) is 39.1 Å². The van der Waals surface area contributed by atoms with E-state index in [4.69, 9.17) is 0 Å². The van der Waals surface area contributed by atoms with Crippen LogP contribution < -0.4 is 15.8 Å². The van der Waals surface area contributed by atoms with Crippen LogP contribution >= 0.6 is 0 Å². The first-order valence-electron chi connectivity index (χ1n) is 10.2. The van der Waals surface area contributed by atoms with E-state index in [0.29, 0.717) is 30.6 Å². The first-order chi connectivity index (χ1) is 14.1. The molecule has 0 radical (unpaired) electrons. The summed E-state index contributed by atoms with van der Waals surface area (Å²) in [4.78, 5) is 44.1. The number of aryl methyl sites for hydroxylation is 1. The Kier molecular flexibility index (Phi) is 5.76. The average Bonchev–Trinajstić information content (AvgIpc) is 2.74. The molecule has 4 rings (SSSR count). The number of benzene rings is 1. The molecule has 152 valence electrons. The Bertz CT molecular complexity index is 946. The quantitative estimate of drug-likeness (QED) is 0.802. The van der Waals surface area contributed by atoms with Crippen LogP contribution in [0.1, 0.15) is 39.3 Å². The monoisotopic (exact) mass is 394 g/mol. The summed E-state index contributed by atoms with van der Waals surface area (Å²) in [5.41, 5.74) is 1.97. The largest absolute Gasteiger partial charge is 0.369 e. The van der Waals surface area contributed by atoms with Gasteiger partial charge in [-0.05, 0) is 31.0 Å². The number of piperazine rings is 1. The van der Waals surface area contributed by atoms with Crippen LogP contribution in [0.3, 0.4) is 0 Å². The molecule has 1 aromatic carbocycles. The molecular formula is C22H26N4O3. The Balaban J connectivity index is 1.28. The third-order valence-corrected chi connectivity index (χ3v) is 5.71. The highest BCUT2D eigenvalue weighted by atomic mass is 16.2. The van der Waals surface area contributed by atoms with Crippen LogP contribution in [0.15, 0.2) is 41.2 Å². The van der Waals surface area contributed by atoms with Gasteiger partial charge in [-0.1, -0.05) is 18.2 Å². The molecule has 0 atom stereocenters. The lowest BCUT2D eigenvalue weighted by atomic mass is 9.93. The number of pyridine rings is 1. The number of aromatic amines is 1. The normalized spacial score (nSPS) is 17.1. The van der Waals surface area contributed by atoms with E-state index >= 15 is 0 Å². The Labute approximate surface area is 169 Å². The number of amides is 1. The lowest BCUT2D eigenvalue weighted by Crippen LogP contribution is -2.48. The van der Waals surface area contributed by atoms with E-state index in [1.165, 1.54) is 11.8 Å². The zero-order valence-electron chi connectivity index (χ0n) is 16.4. The fourth-order valence-corrected chi connectivity index (χ4v) is 4.03. The third kappa shape index (κ3) is 4.40. The van der Waals surface area contributed by atoms with Crippen molar-refractivity contribution < 1.29 is 9.59 Å². The van der Waals surface area contributed by atoms with Crippen molar-refractivity contribution >= 4 is 17.4 Å². The number of anilines is 1. The van der Waals surface area contributed by atoms with Crippen LogP contribution in [-0.2, 0) is 6.42 Å². The number of hydrogen-bond acceptors (Lipinski definition) is 5. The lowest BCUT2D eigenvalue weighted by Gasteiger charge is -2.36. The summed E-state index contributed by atoms with van der Waals surface area (Å²) in [6.07, 6.45) is 1.88. The molecule has 2 aromatic rings. The molecule has 0 saturated carbocycles. The summed E-state index contributed by atoms with van der Waals surface area (Å²) >= 11 is 0. The number of fused-ring (bicyclic) bond motifs is 1. The van der Waals surface area contributed by atoms with Crippen molar-refractivity contribution in [3.05, 3.63) is 63.6 Å². The van der Waals surface area contributed by atoms with Gasteiger partial charge in [0, 0.05) is 62.6 Å². The molecule has 0 bridgehead atoms. The van der Waals surface area contributed by atoms with E-state index < -0.39 is 11.5 Å². The number of aromatic nitrogens is 1. The standard InChI is InChI=1S/C22H26N4O3/c27-20-8-4-7-19-17(20)15-18(22(29)24-19)21(28)23-9-10-25-11-13-26(14-12-25)16-5-2-1-3-6-16/h1-3,5-6,15H,4,7-14H2,(H,23,28)(H,24,29). The number of hydrogen-bond donors (Lipinski definition) is 2. The molecule has 0 spiro atoms. The summed E-state index contributed by atoms with van der Waals surface area (Å²) < 4.78 is 0. The number of ketones is 1. The van der Waals surface area contributed by atoms with Crippen molar-refractivity contribution in [2.45, 2.75) is 19.3 Å². The second-order valence-electron chi connectivity index (χ2n) is 7.60. The highest BCUT2D eigenvalue weighted by molar-refractivity contribution is 6.01. The maximum absolute atomic E-state index is 12.5. The number of H-pyrrole nitrogens is 1. The van der Waals surface area contributed by atoms with Gasteiger partial charge in [0.2, 0.25) is 0 Å². The number of nitrogens with one attached hydrogen (secondary N) is 2. The van der Waals surface area contributed by atoms with Gasteiger partial charge in [0.25, 0.3) is 11.5 Å².